The summed E-state index contributed by atoms with van der Waals surface area (Å²) in [7, 11) is 0. The van der Waals surface area contributed by atoms with Crippen molar-refractivity contribution in [3.8, 4) is 11.6 Å². The summed E-state index contributed by atoms with van der Waals surface area (Å²) < 4.78 is 19.5. The Hall–Kier alpha value is -4.84. The Morgan fingerprint density at radius 2 is 1.49 bits per heavy atom. The Labute approximate surface area is 214 Å². The van der Waals surface area contributed by atoms with Gasteiger partial charge in [0.2, 0.25) is 5.88 Å². The lowest BCUT2D eigenvalue weighted by molar-refractivity contribution is 0.106. The lowest BCUT2D eigenvalue weighted by atomic mass is 10.1. The van der Waals surface area contributed by atoms with E-state index in [1.165, 1.54) is 4.57 Å². The van der Waals surface area contributed by atoms with Gasteiger partial charge in [0.15, 0.2) is 12.4 Å². The molecule has 0 saturated heterocycles. The molecule has 0 spiro atoms. The normalized spacial score (nSPS) is 11.6. The van der Waals surface area contributed by atoms with Crippen LogP contribution in [-0.4, -0.2) is 23.6 Å². The molecule has 4 aromatic carbocycles. The largest absolute Gasteiger partial charge is 0.489 e. The van der Waals surface area contributed by atoms with Gasteiger partial charge >= 0.3 is 6.09 Å². The number of ether oxygens (including phenoxy) is 3. The molecule has 5 rings (SSSR count). The molecule has 5 aromatic rings. The smallest absolute Gasteiger partial charge is 0.421 e. The zero-order valence-electron chi connectivity index (χ0n) is 20.0. The third-order valence-electron chi connectivity index (χ3n) is 5.94. The van der Waals surface area contributed by atoms with Crippen molar-refractivity contribution in [2.45, 2.75) is 12.7 Å². The number of rotatable bonds is 9. The van der Waals surface area contributed by atoms with Crippen molar-refractivity contribution in [3.05, 3.63) is 132 Å². The molecule has 0 aliphatic carbocycles. The van der Waals surface area contributed by atoms with Crippen LogP contribution in [0.25, 0.3) is 10.9 Å². The second-order valence-electron chi connectivity index (χ2n) is 8.40. The molecule has 1 heterocycles. The molecule has 1 atom stereocenters. The predicted octanol–water partition coefficient (Wildman–Crippen LogP) is 6.84. The topological polar surface area (TPSA) is 66.8 Å². The molecule has 0 radical (unpaired) electrons. The first kappa shape index (κ1) is 23.9. The van der Waals surface area contributed by atoms with Crippen LogP contribution >= 0.6 is 0 Å². The Balaban J connectivity index is 1.45. The molecule has 6 heteroatoms. The van der Waals surface area contributed by atoms with Gasteiger partial charge in [0.1, 0.15) is 19.0 Å². The SMILES string of the molecule is O=Cc1ccccc1OCC(Oc1cc2ccccc2n1C(=O)OCc1ccccc1)c1ccccc1. The van der Waals surface area contributed by atoms with Crippen LogP contribution in [0, 0.1) is 0 Å². The van der Waals surface area contributed by atoms with E-state index in [4.69, 9.17) is 14.2 Å². The minimum atomic E-state index is -0.564. The van der Waals surface area contributed by atoms with Crippen molar-refractivity contribution in [2.75, 3.05) is 6.61 Å². The van der Waals surface area contributed by atoms with Crippen LogP contribution in [0.15, 0.2) is 115 Å². The molecule has 1 unspecified atom stereocenters. The van der Waals surface area contributed by atoms with Crippen molar-refractivity contribution >= 4 is 23.3 Å². The molecule has 0 aliphatic rings. The number of benzene rings is 4. The molecular weight excluding hydrogens is 466 g/mol. The lowest BCUT2D eigenvalue weighted by Gasteiger charge is -2.21. The highest BCUT2D eigenvalue weighted by Crippen LogP contribution is 2.31. The van der Waals surface area contributed by atoms with Gasteiger partial charge < -0.3 is 14.2 Å². The van der Waals surface area contributed by atoms with Crippen molar-refractivity contribution in [1.29, 1.82) is 0 Å². The Kier molecular flexibility index (Phi) is 7.27. The number of fused-ring (bicyclic) bond motifs is 1. The molecule has 1 aromatic heterocycles. The maximum Gasteiger partial charge on any atom is 0.421 e. The minimum Gasteiger partial charge on any atom is -0.489 e. The molecule has 37 heavy (non-hydrogen) atoms. The molecule has 184 valence electrons. The lowest BCUT2D eigenvalue weighted by Crippen LogP contribution is -2.21. The van der Waals surface area contributed by atoms with Crippen LogP contribution in [0.1, 0.15) is 27.6 Å². The van der Waals surface area contributed by atoms with Gasteiger partial charge in [-0.2, -0.15) is 0 Å². The van der Waals surface area contributed by atoms with Crippen LogP contribution in [0.5, 0.6) is 11.6 Å². The van der Waals surface area contributed by atoms with Gasteiger partial charge in [-0.1, -0.05) is 91.0 Å². The zero-order chi connectivity index (χ0) is 25.5. The molecule has 6 nitrogen and oxygen atoms in total. The van der Waals surface area contributed by atoms with Gasteiger partial charge in [-0.25, -0.2) is 9.36 Å². The first-order valence-corrected chi connectivity index (χ1v) is 11.9. The van der Waals surface area contributed by atoms with Gasteiger partial charge in [0.25, 0.3) is 0 Å². The van der Waals surface area contributed by atoms with Crippen molar-refractivity contribution in [1.82, 2.24) is 4.57 Å². The second-order valence-corrected chi connectivity index (χ2v) is 8.40. The number of para-hydroxylation sites is 2. The minimum absolute atomic E-state index is 0.120. The van der Waals surface area contributed by atoms with Crippen LogP contribution in [-0.2, 0) is 11.3 Å². The van der Waals surface area contributed by atoms with E-state index in [-0.39, 0.29) is 13.2 Å². The molecule has 0 saturated carbocycles. The monoisotopic (exact) mass is 491 g/mol. The number of nitrogens with zero attached hydrogens (tertiary/aromatic N) is 1. The fraction of sp³-hybridized carbons (Fsp3) is 0.0968. The number of carbonyl (C=O) groups is 2. The molecule has 0 fully saturated rings. The maximum atomic E-state index is 13.3. The third kappa shape index (κ3) is 5.54. The maximum absolute atomic E-state index is 13.3. The molecular formula is C31H25NO5. The highest BCUT2D eigenvalue weighted by atomic mass is 16.6. The number of carbonyl (C=O) groups excluding carboxylic acids is 2. The van der Waals surface area contributed by atoms with E-state index in [2.05, 4.69) is 0 Å². The summed E-state index contributed by atoms with van der Waals surface area (Å²) in [4.78, 5) is 24.7. The van der Waals surface area contributed by atoms with Crippen LogP contribution in [0.3, 0.4) is 0 Å². The second kappa shape index (κ2) is 11.3. The summed E-state index contributed by atoms with van der Waals surface area (Å²) in [6.07, 6.45) is -0.348. The van der Waals surface area contributed by atoms with E-state index in [0.717, 1.165) is 22.8 Å². The van der Waals surface area contributed by atoms with Crippen molar-refractivity contribution < 1.29 is 23.8 Å². The van der Waals surface area contributed by atoms with Crippen LogP contribution < -0.4 is 9.47 Å². The third-order valence-corrected chi connectivity index (χ3v) is 5.94. The van der Waals surface area contributed by atoms with Gasteiger partial charge in [-0.15, -0.1) is 0 Å². The quantitative estimate of drug-likeness (QED) is 0.211. The van der Waals surface area contributed by atoms with Crippen molar-refractivity contribution in [3.63, 3.8) is 0 Å². The van der Waals surface area contributed by atoms with Gasteiger partial charge in [-0.05, 0) is 29.3 Å². The van der Waals surface area contributed by atoms with Crippen LogP contribution in [0.2, 0.25) is 0 Å². The molecule has 0 bridgehead atoms. The van der Waals surface area contributed by atoms with Gasteiger partial charge in [0, 0.05) is 11.5 Å². The average Bonchev–Trinajstić information content (AvgIpc) is 3.33. The Bertz CT molecular complexity index is 1490. The van der Waals surface area contributed by atoms with E-state index in [9.17, 15) is 9.59 Å². The number of hydrogen-bond acceptors (Lipinski definition) is 5. The van der Waals surface area contributed by atoms with Gasteiger partial charge in [-0.3, -0.25) is 4.79 Å². The summed E-state index contributed by atoms with van der Waals surface area (Å²) in [6.45, 7) is 0.259. The van der Waals surface area contributed by atoms with E-state index < -0.39 is 12.2 Å². The average molecular weight is 492 g/mol. The summed E-state index contributed by atoms with van der Waals surface area (Å²) in [5.74, 6) is 0.797. The summed E-state index contributed by atoms with van der Waals surface area (Å²) in [5.41, 5.74) is 2.88. The van der Waals surface area contributed by atoms with Crippen molar-refractivity contribution in [2.24, 2.45) is 0 Å². The summed E-state index contributed by atoms with van der Waals surface area (Å²) in [5, 5.41) is 0.841. The molecule has 0 N–H and O–H groups in total. The Morgan fingerprint density at radius 3 is 2.27 bits per heavy atom. The predicted molar refractivity (Wildman–Crippen MR) is 141 cm³/mol. The van der Waals surface area contributed by atoms with E-state index in [0.29, 0.717) is 22.7 Å². The number of aromatic nitrogens is 1. The number of aldehydes is 1. The van der Waals surface area contributed by atoms with Crippen LogP contribution in [0.4, 0.5) is 4.79 Å². The van der Waals surface area contributed by atoms with E-state index in [1.807, 2.05) is 91.0 Å². The fourth-order valence-electron chi connectivity index (χ4n) is 4.07. The van der Waals surface area contributed by atoms with Gasteiger partial charge in [0.05, 0.1) is 11.1 Å². The van der Waals surface area contributed by atoms with E-state index in [1.54, 1.807) is 24.3 Å². The summed E-state index contributed by atoms with van der Waals surface area (Å²) in [6, 6.07) is 35.5. The van der Waals surface area contributed by atoms with E-state index >= 15 is 0 Å². The highest BCUT2D eigenvalue weighted by molar-refractivity contribution is 5.92. The first-order chi connectivity index (χ1) is 18.2. The highest BCUT2D eigenvalue weighted by Gasteiger charge is 2.23. The summed E-state index contributed by atoms with van der Waals surface area (Å²) >= 11 is 0. The zero-order valence-corrected chi connectivity index (χ0v) is 20.0. The Morgan fingerprint density at radius 1 is 0.811 bits per heavy atom. The standard InChI is InChI=1S/C31H25NO5/c33-20-26-16-8-10-18-28(26)35-22-29(24-13-5-2-6-14-24)37-30-19-25-15-7-9-17-27(25)32(30)31(34)36-21-23-11-3-1-4-12-23/h1-20,29H,21-22H2. The first-order valence-electron chi connectivity index (χ1n) is 11.9. The number of hydrogen-bond donors (Lipinski definition) is 0. The fourth-order valence-corrected chi connectivity index (χ4v) is 4.07. The molecule has 0 amide bonds. The molecule has 0 aliphatic heterocycles.